The molecule has 1 amide bonds. The van der Waals surface area contributed by atoms with E-state index in [-0.39, 0.29) is 5.91 Å². The van der Waals surface area contributed by atoms with Gasteiger partial charge in [0.25, 0.3) is 0 Å². The second kappa shape index (κ2) is 9.87. The maximum atomic E-state index is 12.6. The lowest BCUT2D eigenvalue weighted by molar-refractivity contribution is -0.131. The van der Waals surface area contributed by atoms with Crippen molar-refractivity contribution in [2.24, 2.45) is 0 Å². The molecule has 0 atom stereocenters. The Balaban J connectivity index is 1.28. The van der Waals surface area contributed by atoms with E-state index < -0.39 is 0 Å². The van der Waals surface area contributed by atoms with Crippen molar-refractivity contribution < 1.29 is 9.32 Å². The summed E-state index contributed by atoms with van der Waals surface area (Å²) in [5, 5.41) is 4.76. The Morgan fingerprint density at radius 2 is 1.80 bits per heavy atom. The van der Waals surface area contributed by atoms with Gasteiger partial charge in [0.1, 0.15) is 0 Å². The van der Waals surface area contributed by atoms with Crippen LogP contribution in [0.25, 0.3) is 11.4 Å². The van der Waals surface area contributed by atoms with Crippen molar-refractivity contribution in [2.45, 2.75) is 25.8 Å². The minimum absolute atomic E-state index is 0.225. The maximum absolute atomic E-state index is 12.6. The molecule has 1 aliphatic rings. The molecule has 1 aromatic heterocycles. The van der Waals surface area contributed by atoms with Gasteiger partial charge in [-0.05, 0) is 42.7 Å². The Kier molecular flexibility index (Phi) is 6.77. The van der Waals surface area contributed by atoms with Crippen LogP contribution in [0.1, 0.15) is 24.3 Å². The summed E-state index contributed by atoms with van der Waals surface area (Å²) in [5.41, 5.74) is 2.08. The van der Waals surface area contributed by atoms with Crippen molar-refractivity contribution in [1.82, 2.24) is 19.9 Å². The fraction of sp³-hybridized carbons (Fsp3) is 0.348. The monoisotopic (exact) mass is 424 g/mol. The highest BCUT2D eigenvalue weighted by Crippen LogP contribution is 2.19. The molecule has 2 aromatic carbocycles. The topological polar surface area (TPSA) is 62.5 Å². The van der Waals surface area contributed by atoms with Crippen LogP contribution in [0.2, 0.25) is 5.02 Å². The molecule has 0 saturated carbocycles. The van der Waals surface area contributed by atoms with Gasteiger partial charge in [-0.25, -0.2) is 0 Å². The van der Waals surface area contributed by atoms with Crippen LogP contribution in [0, 0.1) is 0 Å². The molecule has 1 saturated heterocycles. The normalized spacial score (nSPS) is 15.2. The van der Waals surface area contributed by atoms with Crippen molar-refractivity contribution in [1.29, 1.82) is 0 Å². The first kappa shape index (κ1) is 20.6. The zero-order valence-corrected chi connectivity index (χ0v) is 17.6. The Bertz CT molecular complexity index is 959. The van der Waals surface area contributed by atoms with E-state index in [1.807, 2.05) is 47.4 Å². The van der Waals surface area contributed by atoms with Crippen molar-refractivity contribution in [3.63, 3.8) is 0 Å². The lowest BCUT2D eigenvalue weighted by Gasteiger charge is -2.21. The van der Waals surface area contributed by atoms with Gasteiger partial charge in [-0.2, -0.15) is 4.98 Å². The number of hydrogen-bond donors (Lipinski definition) is 0. The summed E-state index contributed by atoms with van der Waals surface area (Å²) in [6, 6.07) is 17.5. The summed E-state index contributed by atoms with van der Waals surface area (Å²) >= 11 is 5.93. The number of amides is 1. The summed E-state index contributed by atoms with van der Waals surface area (Å²) in [5.74, 6) is 1.38. The summed E-state index contributed by atoms with van der Waals surface area (Å²) in [4.78, 5) is 21.4. The van der Waals surface area contributed by atoms with E-state index in [4.69, 9.17) is 16.1 Å². The SMILES string of the molecule is O=C(CCc1ccccc1)N1CCCN(Cc2nc(-c3ccc(Cl)cc3)no2)CC1. The molecule has 30 heavy (non-hydrogen) atoms. The molecule has 3 aromatic rings. The third kappa shape index (κ3) is 5.46. The lowest BCUT2D eigenvalue weighted by Crippen LogP contribution is -2.35. The largest absolute Gasteiger partial charge is 0.341 e. The number of aromatic nitrogens is 2. The van der Waals surface area contributed by atoms with E-state index in [9.17, 15) is 4.79 Å². The Hall–Kier alpha value is -2.70. The fourth-order valence-corrected chi connectivity index (χ4v) is 3.79. The highest BCUT2D eigenvalue weighted by Gasteiger charge is 2.20. The van der Waals surface area contributed by atoms with Crippen molar-refractivity contribution >= 4 is 17.5 Å². The number of carbonyl (C=O) groups is 1. The second-order valence-corrected chi connectivity index (χ2v) is 7.95. The quantitative estimate of drug-likeness (QED) is 0.597. The van der Waals surface area contributed by atoms with Gasteiger partial charge in [0.2, 0.25) is 17.6 Å². The zero-order chi connectivity index (χ0) is 20.8. The zero-order valence-electron chi connectivity index (χ0n) is 16.8. The Labute approximate surface area is 181 Å². The number of aryl methyl sites for hydroxylation is 1. The smallest absolute Gasteiger partial charge is 0.241 e. The van der Waals surface area contributed by atoms with Crippen LogP contribution in [-0.4, -0.2) is 52.0 Å². The average Bonchev–Trinajstić information content (AvgIpc) is 3.11. The van der Waals surface area contributed by atoms with Gasteiger partial charge in [0.15, 0.2) is 0 Å². The van der Waals surface area contributed by atoms with Crippen LogP contribution in [0.15, 0.2) is 59.1 Å². The third-order valence-corrected chi connectivity index (χ3v) is 5.59. The second-order valence-electron chi connectivity index (χ2n) is 7.51. The van der Waals surface area contributed by atoms with Crippen LogP contribution in [0.3, 0.4) is 0 Å². The molecular formula is C23H25ClN4O2. The van der Waals surface area contributed by atoms with Crippen LogP contribution in [0.4, 0.5) is 0 Å². The summed E-state index contributed by atoms with van der Waals surface area (Å²) < 4.78 is 5.44. The molecule has 1 fully saturated rings. The minimum atomic E-state index is 0.225. The van der Waals surface area contributed by atoms with Crippen LogP contribution < -0.4 is 0 Å². The summed E-state index contributed by atoms with van der Waals surface area (Å²) in [6.07, 6.45) is 2.28. The van der Waals surface area contributed by atoms with Gasteiger partial charge in [0.05, 0.1) is 6.54 Å². The highest BCUT2D eigenvalue weighted by molar-refractivity contribution is 6.30. The van der Waals surface area contributed by atoms with Crippen LogP contribution in [-0.2, 0) is 17.8 Å². The highest BCUT2D eigenvalue weighted by atomic mass is 35.5. The van der Waals surface area contributed by atoms with Gasteiger partial charge in [-0.15, -0.1) is 0 Å². The predicted molar refractivity (Wildman–Crippen MR) is 116 cm³/mol. The van der Waals surface area contributed by atoms with E-state index in [0.717, 1.165) is 44.6 Å². The van der Waals surface area contributed by atoms with Crippen molar-refractivity contribution in [2.75, 3.05) is 26.2 Å². The third-order valence-electron chi connectivity index (χ3n) is 5.34. The van der Waals surface area contributed by atoms with Gasteiger partial charge < -0.3 is 9.42 Å². The molecule has 0 unspecified atom stereocenters. The van der Waals surface area contributed by atoms with Gasteiger partial charge in [0, 0.05) is 43.2 Å². The first-order valence-corrected chi connectivity index (χ1v) is 10.7. The molecule has 2 heterocycles. The Morgan fingerprint density at radius 3 is 2.60 bits per heavy atom. The predicted octanol–water partition coefficient (Wildman–Crippen LogP) is 4.06. The van der Waals surface area contributed by atoms with E-state index in [1.165, 1.54) is 5.56 Å². The molecule has 156 valence electrons. The van der Waals surface area contributed by atoms with E-state index >= 15 is 0 Å². The lowest BCUT2D eigenvalue weighted by atomic mass is 10.1. The van der Waals surface area contributed by atoms with E-state index in [0.29, 0.717) is 29.7 Å². The van der Waals surface area contributed by atoms with Crippen LogP contribution in [0.5, 0.6) is 0 Å². The average molecular weight is 425 g/mol. The van der Waals surface area contributed by atoms with Gasteiger partial charge in [-0.1, -0.05) is 47.1 Å². The number of hydrogen-bond acceptors (Lipinski definition) is 5. The molecular weight excluding hydrogens is 400 g/mol. The Morgan fingerprint density at radius 1 is 1.00 bits per heavy atom. The number of nitrogens with zero attached hydrogens (tertiary/aromatic N) is 4. The standard InChI is InChI=1S/C23H25ClN4O2/c24-20-10-8-19(9-11-20)23-25-21(30-26-23)17-27-13-4-14-28(16-15-27)22(29)12-7-18-5-2-1-3-6-18/h1-3,5-6,8-11H,4,7,12-17H2. The van der Waals surface area contributed by atoms with Crippen molar-refractivity contribution in [3.8, 4) is 11.4 Å². The molecule has 1 aliphatic heterocycles. The van der Waals surface area contributed by atoms with E-state index in [2.05, 4.69) is 27.2 Å². The van der Waals surface area contributed by atoms with Gasteiger partial charge >= 0.3 is 0 Å². The molecule has 0 N–H and O–H groups in total. The van der Waals surface area contributed by atoms with Crippen LogP contribution >= 0.6 is 11.6 Å². The molecule has 4 rings (SSSR count). The first-order valence-electron chi connectivity index (χ1n) is 10.3. The first-order chi connectivity index (χ1) is 14.7. The number of halogens is 1. The van der Waals surface area contributed by atoms with Gasteiger partial charge in [-0.3, -0.25) is 9.69 Å². The maximum Gasteiger partial charge on any atom is 0.241 e. The molecule has 0 aliphatic carbocycles. The summed E-state index contributed by atoms with van der Waals surface area (Å²) in [6.45, 7) is 3.82. The number of benzene rings is 2. The number of rotatable bonds is 6. The number of carbonyl (C=O) groups excluding carboxylic acids is 1. The molecule has 0 spiro atoms. The van der Waals surface area contributed by atoms with Crippen molar-refractivity contribution in [3.05, 3.63) is 71.1 Å². The molecule has 0 bridgehead atoms. The molecule has 7 heteroatoms. The van der Waals surface area contributed by atoms with E-state index in [1.54, 1.807) is 0 Å². The fourth-order valence-electron chi connectivity index (χ4n) is 3.66. The molecule has 6 nitrogen and oxygen atoms in total. The molecule has 0 radical (unpaired) electrons. The summed E-state index contributed by atoms with van der Waals surface area (Å²) in [7, 11) is 0. The minimum Gasteiger partial charge on any atom is -0.341 e.